The summed E-state index contributed by atoms with van der Waals surface area (Å²) in [6.07, 6.45) is 5.84. The van der Waals surface area contributed by atoms with Crippen LogP contribution in [0.25, 0.3) is 0 Å². The van der Waals surface area contributed by atoms with E-state index in [0.29, 0.717) is 0 Å². The average molecular weight is 256 g/mol. The molecule has 0 saturated heterocycles. The predicted molar refractivity (Wildman–Crippen MR) is 76.7 cm³/mol. The molecule has 4 nitrogen and oxygen atoms in total. The number of rotatable bonds is 3. The molecule has 0 fully saturated rings. The van der Waals surface area contributed by atoms with Crippen LogP contribution in [0.1, 0.15) is 37.6 Å². The zero-order chi connectivity index (χ0) is 13.1. The van der Waals surface area contributed by atoms with Crippen molar-refractivity contribution in [3.05, 3.63) is 35.7 Å². The van der Waals surface area contributed by atoms with Gasteiger partial charge in [0.05, 0.1) is 0 Å². The Morgan fingerprint density at radius 2 is 1.95 bits per heavy atom. The van der Waals surface area contributed by atoms with Gasteiger partial charge in [0.15, 0.2) is 0 Å². The minimum atomic E-state index is 0.876. The van der Waals surface area contributed by atoms with E-state index in [0.717, 1.165) is 36.8 Å². The number of nitrogens with zero attached hydrogens (tertiary/aromatic N) is 3. The van der Waals surface area contributed by atoms with Gasteiger partial charge in [-0.3, -0.25) is 4.57 Å². The molecule has 0 bridgehead atoms. The molecule has 2 heterocycles. The van der Waals surface area contributed by atoms with Gasteiger partial charge in [-0.15, -0.1) is 10.2 Å². The van der Waals surface area contributed by atoms with Crippen LogP contribution in [0.4, 0.5) is 11.6 Å². The highest BCUT2D eigenvalue weighted by molar-refractivity contribution is 5.54. The van der Waals surface area contributed by atoms with Crippen LogP contribution in [-0.2, 0) is 19.4 Å². The van der Waals surface area contributed by atoms with Crippen molar-refractivity contribution in [2.75, 3.05) is 5.32 Å². The molecule has 2 aromatic rings. The van der Waals surface area contributed by atoms with E-state index in [2.05, 4.69) is 51.3 Å². The van der Waals surface area contributed by atoms with E-state index < -0.39 is 0 Å². The van der Waals surface area contributed by atoms with Gasteiger partial charge in [-0.1, -0.05) is 25.5 Å². The van der Waals surface area contributed by atoms with Crippen molar-refractivity contribution < 1.29 is 0 Å². The molecule has 100 valence electrons. The van der Waals surface area contributed by atoms with Crippen LogP contribution in [0.15, 0.2) is 24.3 Å². The second-order valence-corrected chi connectivity index (χ2v) is 5.08. The Balaban J connectivity index is 1.80. The van der Waals surface area contributed by atoms with Gasteiger partial charge in [0, 0.05) is 18.7 Å². The molecule has 19 heavy (non-hydrogen) atoms. The van der Waals surface area contributed by atoms with Crippen molar-refractivity contribution in [2.24, 2.45) is 0 Å². The minimum absolute atomic E-state index is 0.876. The molecule has 0 atom stereocenters. The number of fused-ring (bicyclic) bond motifs is 1. The van der Waals surface area contributed by atoms with E-state index in [4.69, 9.17) is 0 Å². The number of benzene rings is 1. The van der Waals surface area contributed by atoms with Gasteiger partial charge in [-0.25, -0.2) is 0 Å². The van der Waals surface area contributed by atoms with Crippen LogP contribution in [0.2, 0.25) is 0 Å². The molecule has 0 unspecified atom stereocenters. The standard InChI is InChI=1S/C15H20N4/c1-2-12-7-9-13(10-8-12)16-15-18-17-14-6-4-3-5-11-19(14)15/h7-10H,2-6,11H2,1H3,(H,16,18). The van der Waals surface area contributed by atoms with E-state index in [1.54, 1.807) is 0 Å². The first-order chi connectivity index (χ1) is 9.36. The number of hydrogen-bond donors (Lipinski definition) is 1. The summed E-state index contributed by atoms with van der Waals surface area (Å²) in [5.74, 6) is 1.99. The second-order valence-electron chi connectivity index (χ2n) is 5.08. The van der Waals surface area contributed by atoms with Crippen molar-refractivity contribution in [2.45, 2.75) is 45.6 Å². The van der Waals surface area contributed by atoms with E-state index >= 15 is 0 Å². The first-order valence-corrected chi connectivity index (χ1v) is 7.15. The highest BCUT2D eigenvalue weighted by atomic mass is 15.3. The van der Waals surface area contributed by atoms with E-state index in [1.165, 1.54) is 24.8 Å². The number of nitrogens with one attached hydrogen (secondary N) is 1. The van der Waals surface area contributed by atoms with Crippen LogP contribution in [0.5, 0.6) is 0 Å². The fourth-order valence-electron chi connectivity index (χ4n) is 2.53. The Labute approximate surface area is 113 Å². The highest BCUT2D eigenvalue weighted by Crippen LogP contribution is 2.20. The predicted octanol–water partition coefficient (Wildman–Crippen LogP) is 3.31. The molecule has 0 radical (unpaired) electrons. The Bertz CT molecular complexity index is 542. The third-order valence-corrected chi connectivity index (χ3v) is 3.73. The Hall–Kier alpha value is -1.84. The Morgan fingerprint density at radius 1 is 1.11 bits per heavy atom. The molecule has 1 aliphatic heterocycles. The fourth-order valence-corrected chi connectivity index (χ4v) is 2.53. The third-order valence-electron chi connectivity index (χ3n) is 3.73. The Morgan fingerprint density at radius 3 is 2.74 bits per heavy atom. The SMILES string of the molecule is CCc1ccc(Nc2nnc3n2CCCCC3)cc1. The zero-order valence-corrected chi connectivity index (χ0v) is 11.4. The summed E-state index contributed by atoms with van der Waals surface area (Å²) >= 11 is 0. The smallest absolute Gasteiger partial charge is 0.229 e. The first kappa shape index (κ1) is 12.2. The van der Waals surface area contributed by atoms with Crippen molar-refractivity contribution in [3.8, 4) is 0 Å². The maximum Gasteiger partial charge on any atom is 0.229 e. The summed E-state index contributed by atoms with van der Waals surface area (Å²) < 4.78 is 2.22. The van der Waals surface area contributed by atoms with Gasteiger partial charge in [0.25, 0.3) is 0 Å². The van der Waals surface area contributed by atoms with E-state index in [1.807, 2.05) is 0 Å². The number of anilines is 2. The second kappa shape index (κ2) is 5.43. The van der Waals surface area contributed by atoms with Crippen LogP contribution < -0.4 is 5.32 Å². The molecule has 1 aromatic heterocycles. The van der Waals surface area contributed by atoms with Crippen molar-refractivity contribution >= 4 is 11.6 Å². The minimum Gasteiger partial charge on any atom is -0.324 e. The summed E-state index contributed by atoms with van der Waals surface area (Å²) in [5.41, 5.74) is 2.43. The number of aromatic nitrogens is 3. The van der Waals surface area contributed by atoms with Crippen molar-refractivity contribution in [3.63, 3.8) is 0 Å². The zero-order valence-electron chi connectivity index (χ0n) is 11.4. The molecular weight excluding hydrogens is 236 g/mol. The molecule has 4 heteroatoms. The normalized spacial score (nSPS) is 14.8. The molecule has 3 rings (SSSR count). The van der Waals surface area contributed by atoms with E-state index in [-0.39, 0.29) is 0 Å². The largest absolute Gasteiger partial charge is 0.324 e. The Kier molecular flexibility index (Phi) is 3.49. The molecule has 1 aromatic carbocycles. The maximum atomic E-state index is 4.30. The topological polar surface area (TPSA) is 42.7 Å². The summed E-state index contributed by atoms with van der Waals surface area (Å²) in [5, 5.41) is 12.0. The number of aryl methyl sites for hydroxylation is 2. The fraction of sp³-hybridized carbons (Fsp3) is 0.467. The molecule has 0 aliphatic carbocycles. The van der Waals surface area contributed by atoms with Gasteiger partial charge in [0.1, 0.15) is 5.82 Å². The average Bonchev–Trinajstić information content (AvgIpc) is 2.68. The summed E-state index contributed by atoms with van der Waals surface area (Å²) in [6, 6.07) is 8.53. The lowest BCUT2D eigenvalue weighted by molar-refractivity contribution is 0.637. The lowest BCUT2D eigenvalue weighted by atomic mass is 10.1. The van der Waals surface area contributed by atoms with Crippen LogP contribution in [0, 0.1) is 0 Å². The monoisotopic (exact) mass is 256 g/mol. The lowest BCUT2D eigenvalue weighted by Gasteiger charge is -2.09. The van der Waals surface area contributed by atoms with Gasteiger partial charge < -0.3 is 5.32 Å². The van der Waals surface area contributed by atoms with Gasteiger partial charge >= 0.3 is 0 Å². The quantitative estimate of drug-likeness (QED) is 0.916. The highest BCUT2D eigenvalue weighted by Gasteiger charge is 2.14. The molecule has 0 amide bonds. The summed E-state index contributed by atoms with van der Waals surface area (Å²) in [4.78, 5) is 0. The van der Waals surface area contributed by atoms with Crippen LogP contribution in [0.3, 0.4) is 0 Å². The van der Waals surface area contributed by atoms with Crippen molar-refractivity contribution in [1.29, 1.82) is 0 Å². The third kappa shape index (κ3) is 2.62. The van der Waals surface area contributed by atoms with Crippen molar-refractivity contribution in [1.82, 2.24) is 14.8 Å². The summed E-state index contributed by atoms with van der Waals surface area (Å²) in [6.45, 7) is 3.19. The lowest BCUT2D eigenvalue weighted by Crippen LogP contribution is -2.05. The molecule has 0 spiro atoms. The van der Waals surface area contributed by atoms with Gasteiger partial charge in [-0.2, -0.15) is 0 Å². The number of hydrogen-bond acceptors (Lipinski definition) is 3. The van der Waals surface area contributed by atoms with E-state index in [9.17, 15) is 0 Å². The molecule has 1 aliphatic rings. The van der Waals surface area contributed by atoms with Gasteiger partial charge in [-0.05, 0) is 37.0 Å². The molecular formula is C15H20N4. The summed E-state index contributed by atoms with van der Waals surface area (Å²) in [7, 11) is 0. The van der Waals surface area contributed by atoms with Gasteiger partial charge in [0.2, 0.25) is 5.95 Å². The maximum absolute atomic E-state index is 4.30. The van der Waals surface area contributed by atoms with Crippen LogP contribution >= 0.6 is 0 Å². The first-order valence-electron chi connectivity index (χ1n) is 7.15. The van der Waals surface area contributed by atoms with Crippen LogP contribution in [-0.4, -0.2) is 14.8 Å². The molecule has 1 N–H and O–H groups in total. The molecule has 0 saturated carbocycles.